The number of nitrogens with one attached hydrogen (secondary N) is 1. The number of hydrogen-bond acceptors (Lipinski definition) is 4. The van der Waals surface area contributed by atoms with Crippen LogP contribution in [0.1, 0.15) is 5.56 Å². The van der Waals surface area contributed by atoms with Crippen molar-refractivity contribution in [2.45, 2.75) is 6.92 Å². The summed E-state index contributed by atoms with van der Waals surface area (Å²) >= 11 is 0. The Morgan fingerprint density at radius 3 is 1.92 bits per heavy atom. The topological polar surface area (TPSA) is 63.2 Å². The second kappa shape index (κ2) is 6.19. The Hall–Kier alpha value is -1.36. The van der Waals surface area contributed by atoms with Gasteiger partial charge in [-0.1, -0.05) is 18.2 Å². The van der Waals surface area contributed by atoms with Crippen LogP contribution >= 0.6 is 0 Å². The molecule has 0 aliphatic rings. The summed E-state index contributed by atoms with van der Waals surface area (Å²) in [6.07, 6.45) is 0. The fourth-order valence-corrected chi connectivity index (χ4v) is 0.853. The van der Waals surface area contributed by atoms with Crippen molar-refractivity contribution in [3.05, 3.63) is 29.8 Å². The second-order valence-electron chi connectivity index (χ2n) is 2.27. The predicted molar refractivity (Wildman–Crippen MR) is 50.4 cm³/mol. The lowest BCUT2D eigenvalue weighted by Crippen LogP contribution is -1.89. The smallest absolute Gasteiger partial charge is 0.388 e. The molecule has 0 aliphatic heterocycles. The molecule has 1 aromatic carbocycles. The van der Waals surface area contributed by atoms with Crippen molar-refractivity contribution in [2.24, 2.45) is 0 Å². The van der Waals surface area contributed by atoms with Crippen molar-refractivity contribution in [3.8, 4) is 0 Å². The number of benzene rings is 1. The Labute approximate surface area is 78.7 Å². The molecule has 13 heavy (non-hydrogen) atoms. The predicted octanol–water partition coefficient (Wildman–Crippen LogP) is 1.03. The molecule has 0 saturated heterocycles. The Morgan fingerprint density at radius 2 is 1.62 bits per heavy atom. The van der Waals surface area contributed by atoms with E-state index in [1.807, 2.05) is 19.2 Å². The molecule has 0 spiro atoms. The molecule has 0 aliphatic carbocycles. The van der Waals surface area contributed by atoms with Gasteiger partial charge in [0.1, 0.15) is 0 Å². The number of anilines is 1. The van der Waals surface area contributed by atoms with Crippen LogP contribution in [-0.4, -0.2) is 19.7 Å². The van der Waals surface area contributed by atoms with Crippen molar-refractivity contribution in [3.63, 3.8) is 0 Å². The van der Waals surface area contributed by atoms with E-state index in [2.05, 4.69) is 24.4 Å². The van der Waals surface area contributed by atoms with Gasteiger partial charge < -0.3 is 5.32 Å². The summed E-state index contributed by atoms with van der Waals surface area (Å²) in [5.74, 6) is 0. The van der Waals surface area contributed by atoms with E-state index < -0.39 is 10.6 Å². The molecule has 0 aromatic heterocycles. The van der Waals surface area contributed by atoms with Crippen LogP contribution in [0, 0.1) is 6.92 Å². The first-order chi connectivity index (χ1) is 6.07. The molecular weight excluding hydrogens is 190 g/mol. The standard InChI is InChI=1S/C8H11N.O3S/c1-7-5-3-4-6-8(7)9-2;1-4(2)3/h3-6,9H,1-2H3;. The minimum absolute atomic E-state index is 1.21. The highest BCUT2D eigenvalue weighted by atomic mass is 32.2. The summed E-state index contributed by atoms with van der Waals surface area (Å²) < 4.78 is 25.3. The summed E-state index contributed by atoms with van der Waals surface area (Å²) in [6, 6.07) is 8.22. The third-order valence-electron chi connectivity index (χ3n) is 1.41. The molecule has 0 heterocycles. The van der Waals surface area contributed by atoms with Gasteiger partial charge in [-0.2, -0.15) is 0 Å². The molecule has 0 radical (unpaired) electrons. The van der Waals surface area contributed by atoms with Gasteiger partial charge >= 0.3 is 10.6 Å². The van der Waals surface area contributed by atoms with Crippen LogP contribution in [0.15, 0.2) is 24.3 Å². The van der Waals surface area contributed by atoms with E-state index >= 15 is 0 Å². The summed E-state index contributed by atoms with van der Waals surface area (Å²) in [6.45, 7) is 2.09. The largest absolute Gasteiger partial charge is 0.425 e. The van der Waals surface area contributed by atoms with Crippen molar-refractivity contribution in [1.82, 2.24) is 0 Å². The zero-order chi connectivity index (χ0) is 10.3. The molecule has 1 rings (SSSR count). The fourth-order valence-electron chi connectivity index (χ4n) is 0.853. The molecule has 4 nitrogen and oxygen atoms in total. The summed E-state index contributed by atoms with van der Waals surface area (Å²) in [4.78, 5) is 0. The van der Waals surface area contributed by atoms with Gasteiger partial charge in [0, 0.05) is 12.7 Å². The zero-order valence-corrected chi connectivity index (χ0v) is 8.26. The Kier molecular flexibility index (Phi) is 5.54. The lowest BCUT2D eigenvalue weighted by Gasteiger charge is -2.01. The molecular formula is C8H11NO3S. The van der Waals surface area contributed by atoms with Gasteiger partial charge in [-0.3, -0.25) is 0 Å². The van der Waals surface area contributed by atoms with Crippen LogP contribution in [0.5, 0.6) is 0 Å². The van der Waals surface area contributed by atoms with Crippen LogP contribution in [0.4, 0.5) is 5.69 Å². The number of hydrogen-bond donors (Lipinski definition) is 1. The molecule has 0 saturated carbocycles. The first-order valence-electron chi connectivity index (χ1n) is 3.58. The first kappa shape index (κ1) is 11.6. The quantitative estimate of drug-likeness (QED) is 0.737. The third-order valence-corrected chi connectivity index (χ3v) is 1.41. The van der Waals surface area contributed by atoms with Crippen molar-refractivity contribution < 1.29 is 12.6 Å². The fraction of sp³-hybridized carbons (Fsp3) is 0.250. The van der Waals surface area contributed by atoms with Crippen molar-refractivity contribution >= 4 is 16.3 Å². The monoisotopic (exact) mass is 201 g/mol. The van der Waals surface area contributed by atoms with Crippen LogP contribution < -0.4 is 5.32 Å². The lowest BCUT2D eigenvalue weighted by molar-refractivity contribution is 0.559. The highest BCUT2D eigenvalue weighted by Crippen LogP contribution is 2.10. The Morgan fingerprint density at radius 1 is 1.15 bits per heavy atom. The van der Waals surface area contributed by atoms with Crippen LogP contribution in [0.3, 0.4) is 0 Å². The Bertz CT molecular complexity index is 351. The summed E-state index contributed by atoms with van der Waals surface area (Å²) in [7, 11) is -1.18. The first-order valence-corrected chi connectivity index (χ1v) is 4.58. The van der Waals surface area contributed by atoms with E-state index in [-0.39, 0.29) is 0 Å². The number of para-hydroxylation sites is 1. The zero-order valence-electron chi connectivity index (χ0n) is 7.44. The van der Waals surface area contributed by atoms with Crippen LogP contribution in [0.2, 0.25) is 0 Å². The van der Waals surface area contributed by atoms with Gasteiger partial charge in [-0.25, -0.2) is 0 Å². The molecule has 0 fully saturated rings. The van der Waals surface area contributed by atoms with Gasteiger partial charge in [-0.05, 0) is 18.6 Å². The normalized spacial score (nSPS) is 8.15. The van der Waals surface area contributed by atoms with Gasteiger partial charge in [0.2, 0.25) is 0 Å². The SMILES string of the molecule is CNc1ccccc1C.O=S(=O)=O. The maximum absolute atomic E-state index is 8.44. The van der Waals surface area contributed by atoms with E-state index in [1.165, 1.54) is 11.3 Å². The lowest BCUT2D eigenvalue weighted by atomic mass is 10.2. The molecule has 1 N–H and O–H groups in total. The van der Waals surface area contributed by atoms with E-state index in [0.717, 1.165) is 0 Å². The molecule has 0 atom stereocenters. The molecule has 0 unspecified atom stereocenters. The van der Waals surface area contributed by atoms with Crippen LogP contribution in [0.25, 0.3) is 0 Å². The molecule has 72 valence electrons. The van der Waals surface area contributed by atoms with Gasteiger partial charge in [-0.15, -0.1) is 12.6 Å². The minimum atomic E-state index is -3.11. The summed E-state index contributed by atoms with van der Waals surface area (Å²) in [5.41, 5.74) is 2.50. The maximum atomic E-state index is 8.44. The average molecular weight is 201 g/mol. The highest BCUT2D eigenvalue weighted by molar-refractivity contribution is 7.59. The highest BCUT2D eigenvalue weighted by Gasteiger charge is 1.88. The molecule has 0 bridgehead atoms. The van der Waals surface area contributed by atoms with Gasteiger partial charge in [0.15, 0.2) is 0 Å². The van der Waals surface area contributed by atoms with Gasteiger partial charge in [0.05, 0.1) is 0 Å². The average Bonchev–Trinajstić information content (AvgIpc) is 2.04. The van der Waals surface area contributed by atoms with Crippen molar-refractivity contribution in [2.75, 3.05) is 12.4 Å². The Balaban J connectivity index is 0.000000310. The van der Waals surface area contributed by atoms with E-state index in [9.17, 15) is 0 Å². The number of rotatable bonds is 1. The second-order valence-corrected chi connectivity index (χ2v) is 2.68. The molecule has 1 aromatic rings. The van der Waals surface area contributed by atoms with Crippen LogP contribution in [-0.2, 0) is 10.6 Å². The minimum Gasteiger partial charge on any atom is -0.388 e. The summed E-state index contributed by atoms with van der Waals surface area (Å²) in [5, 5.41) is 3.10. The maximum Gasteiger partial charge on any atom is 0.425 e. The van der Waals surface area contributed by atoms with Gasteiger partial charge in [0.25, 0.3) is 0 Å². The third kappa shape index (κ3) is 5.86. The van der Waals surface area contributed by atoms with E-state index in [4.69, 9.17) is 12.6 Å². The molecule has 0 amide bonds. The van der Waals surface area contributed by atoms with Crippen molar-refractivity contribution in [1.29, 1.82) is 0 Å². The number of aryl methyl sites for hydroxylation is 1. The van der Waals surface area contributed by atoms with E-state index in [1.54, 1.807) is 0 Å². The molecule has 5 heteroatoms. The van der Waals surface area contributed by atoms with E-state index in [0.29, 0.717) is 0 Å².